The minimum atomic E-state index is -0.279. The lowest BCUT2D eigenvalue weighted by Crippen LogP contribution is -2.44. The van der Waals surface area contributed by atoms with Gasteiger partial charge < -0.3 is 15.5 Å². The highest BCUT2D eigenvalue weighted by Gasteiger charge is 2.31. The van der Waals surface area contributed by atoms with Gasteiger partial charge in [-0.05, 0) is 30.7 Å². The van der Waals surface area contributed by atoms with Crippen LogP contribution < -0.4 is 15.5 Å². The van der Waals surface area contributed by atoms with Crippen LogP contribution in [0.5, 0.6) is 0 Å². The van der Waals surface area contributed by atoms with Crippen LogP contribution in [0.2, 0.25) is 0 Å². The van der Waals surface area contributed by atoms with E-state index < -0.39 is 0 Å². The normalized spacial score (nSPS) is 18.3. The fraction of sp³-hybridized carbons (Fsp3) is 0.278. The number of hydrogen-bond acceptors (Lipinski definition) is 3. The van der Waals surface area contributed by atoms with Crippen LogP contribution in [-0.4, -0.2) is 29.5 Å². The van der Waals surface area contributed by atoms with Crippen LogP contribution in [-0.2, 0) is 4.79 Å². The molecule has 1 saturated heterocycles. The Morgan fingerprint density at radius 2 is 2.04 bits per heavy atom. The molecule has 6 heteroatoms. The van der Waals surface area contributed by atoms with Gasteiger partial charge in [-0.25, -0.2) is 4.79 Å². The zero-order chi connectivity index (χ0) is 16.9. The Labute approximate surface area is 140 Å². The molecule has 1 aliphatic heterocycles. The van der Waals surface area contributed by atoms with Gasteiger partial charge in [0, 0.05) is 31.0 Å². The van der Waals surface area contributed by atoms with Gasteiger partial charge in [0.25, 0.3) is 0 Å². The van der Waals surface area contributed by atoms with E-state index in [9.17, 15) is 9.59 Å². The van der Waals surface area contributed by atoms with Crippen LogP contribution in [0.15, 0.2) is 54.9 Å². The molecular formula is C18H20N4O2. The van der Waals surface area contributed by atoms with Crippen molar-refractivity contribution in [3.63, 3.8) is 0 Å². The SMILES string of the molecule is CC(NC(=O)NC1CC(=O)N(c2ccccc2)C1)c1cccnc1. The first-order valence-corrected chi connectivity index (χ1v) is 7.96. The number of carbonyl (C=O) groups excluding carboxylic acids is 2. The average Bonchev–Trinajstić information content (AvgIpc) is 2.96. The minimum absolute atomic E-state index is 0.0202. The van der Waals surface area contributed by atoms with E-state index in [4.69, 9.17) is 0 Å². The van der Waals surface area contributed by atoms with E-state index in [1.54, 1.807) is 17.3 Å². The molecule has 1 aliphatic rings. The van der Waals surface area contributed by atoms with Gasteiger partial charge in [-0.15, -0.1) is 0 Å². The van der Waals surface area contributed by atoms with Crippen molar-refractivity contribution in [3.05, 3.63) is 60.4 Å². The molecular weight excluding hydrogens is 304 g/mol. The van der Waals surface area contributed by atoms with Gasteiger partial charge >= 0.3 is 6.03 Å². The molecule has 2 N–H and O–H groups in total. The number of nitrogens with one attached hydrogen (secondary N) is 2. The van der Waals surface area contributed by atoms with Crippen molar-refractivity contribution >= 4 is 17.6 Å². The van der Waals surface area contributed by atoms with Crippen molar-refractivity contribution in [3.8, 4) is 0 Å². The molecule has 2 heterocycles. The lowest BCUT2D eigenvalue weighted by Gasteiger charge is -2.19. The summed E-state index contributed by atoms with van der Waals surface area (Å²) in [5.74, 6) is 0.0202. The minimum Gasteiger partial charge on any atom is -0.333 e. The quantitative estimate of drug-likeness (QED) is 0.906. The molecule has 2 atom stereocenters. The number of anilines is 1. The number of pyridine rings is 1. The summed E-state index contributed by atoms with van der Waals surface area (Å²) in [5, 5.41) is 5.75. The second kappa shape index (κ2) is 7.12. The number of amides is 3. The number of para-hydroxylation sites is 1. The Kier molecular flexibility index (Phi) is 4.74. The van der Waals surface area contributed by atoms with Crippen molar-refractivity contribution in [1.82, 2.24) is 15.6 Å². The Morgan fingerprint density at radius 1 is 1.25 bits per heavy atom. The van der Waals surface area contributed by atoms with E-state index in [0.717, 1.165) is 11.3 Å². The first-order valence-electron chi connectivity index (χ1n) is 7.96. The third-order valence-electron chi connectivity index (χ3n) is 4.06. The summed E-state index contributed by atoms with van der Waals surface area (Å²) >= 11 is 0. The zero-order valence-electron chi connectivity index (χ0n) is 13.5. The maximum Gasteiger partial charge on any atom is 0.315 e. The predicted molar refractivity (Wildman–Crippen MR) is 91.5 cm³/mol. The van der Waals surface area contributed by atoms with Crippen LogP contribution >= 0.6 is 0 Å². The number of urea groups is 1. The fourth-order valence-corrected chi connectivity index (χ4v) is 2.80. The van der Waals surface area contributed by atoms with Crippen molar-refractivity contribution in [2.24, 2.45) is 0 Å². The fourth-order valence-electron chi connectivity index (χ4n) is 2.80. The number of rotatable bonds is 4. The molecule has 1 aromatic heterocycles. The molecule has 24 heavy (non-hydrogen) atoms. The van der Waals surface area contributed by atoms with Crippen LogP contribution in [0.4, 0.5) is 10.5 Å². The highest BCUT2D eigenvalue weighted by molar-refractivity contribution is 5.96. The molecule has 6 nitrogen and oxygen atoms in total. The molecule has 0 saturated carbocycles. The molecule has 2 unspecified atom stereocenters. The van der Waals surface area contributed by atoms with Crippen LogP contribution in [0, 0.1) is 0 Å². The van der Waals surface area contributed by atoms with E-state index in [1.165, 1.54) is 0 Å². The predicted octanol–water partition coefficient (Wildman–Crippen LogP) is 2.25. The first kappa shape index (κ1) is 16.0. The topological polar surface area (TPSA) is 74.3 Å². The summed E-state index contributed by atoms with van der Waals surface area (Å²) in [4.78, 5) is 30.1. The monoisotopic (exact) mass is 324 g/mol. The number of aromatic nitrogens is 1. The maximum absolute atomic E-state index is 12.2. The number of nitrogens with zero attached hydrogens (tertiary/aromatic N) is 2. The van der Waals surface area contributed by atoms with E-state index in [2.05, 4.69) is 15.6 Å². The lowest BCUT2D eigenvalue weighted by atomic mass is 10.1. The number of carbonyl (C=O) groups is 2. The van der Waals surface area contributed by atoms with Gasteiger partial charge in [-0.1, -0.05) is 24.3 Å². The summed E-state index contributed by atoms with van der Waals surface area (Å²) in [6, 6.07) is 12.6. The summed E-state index contributed by atoms with van der Waals surface area (Å²) in [6.07, 6.45) is 3.73. The van der Waals surface area contributed by atoms with Crippen molar-refractivity contribution < 1.29 is 9.59 Å². The number of hydrogen-bond donors (Lipinski definition) is 2. The van der Waals surface area contributed by atoms with Gasteiger partial charge in [0.05, 0.1) is 12.1 Å². The van der Waals surface area contributed by atoms with Crippen LogP contribution in [0.1, 0.15) is 24.9 Å². The second-order valence-electron chi connectivity index (χ2n) is 5.87. The summed E-state index contributed by atoms with van der Waals surface area (Å²) in [7, 11) is 0. The van der Waals surface area contributed by atoms with Crippen molar-refractivity contribution in [2.45, 2.75) is 25.4 Å². The summed E-state index contributed by atoms with van der Waals surface area (Å²) < 4.78 is 0. The van der Waals surface area contributed by atoms with E-state index in [-0.39, 0.29) is 24.0 Å². The van der Waals surface area contributed by atoms with Crippen LogP contribution in [0.25, 0.3) is 0 Å². The number of benzene rings is 1. The third-order valence-corrected chi connectivity index (χ3v) is 4.06. The maximum atomic E-state index is 12.2. The van der Waals surface area contributed by atoms with Gasteiger partial charge in [0.1, 0.15) is 0 Å². The van der Waals surface area contributed by atoms with E-state index in [1.807, 2.05) is 49.4 Å². The van der Waals surface area contributed by atoms with Gasteiger partial charge in [-0.2, -0.15) is 0 Å². The molecule has 2 aromatic rings. The average molecular weight is 324 g/mol. The third kappa shape index (κ3) is 3.71. The van der Waals surface area contributed by atoms with Crippen LogP contribution in [0.3, 0.4) is 0 Å². The Balaban J connectivity index is 1.55. The first-order chi connectivity index (χ1) is 11.6. The van der Waals surface area contributed by atoms with Gasteiger partial charge in [0.15, 0.2) is 0 Å². The Bertz CT molecular complexity index is 705. The molecule has 1 aromatic carbocycles. The molecule has 124 valence electrons. The molecule has 1 fully saturated rings. The molecule has 3 amide bonds. The molecule has 0 aliphatic carbocycles. The lowest BCUT2D eigenvalue weighted by molar-refractivity contribution is -0.117. The van der Waals surface area contributed by atoms with E-state index >= 15 is 0 Å². The highest BCUT2D eigenvalue weighted by Crippen LogP contribution is 2.21. The Hall–Kier alpha value is -2.89. The van der Waals surface area contributed by atoms with Gasteiger partial charge in [0.2, 0.25) is 5.91 Å². The van der Waals surface area contributed by atoms with Crippen molar-refractivity contribution in [1.29, 1.82) is 0 Å². The zero-order valence-corrected chi connectivity index (χ0v) is 13.5. The summed E-state index contributed by atoms with van der Waals surface area (Å²) in [6.45, 7) is 2.38. The Morgan fingerprint density at radius 3 is 2.75 bits per heavy atom. The smallest absolute Gasteiger partial charge is 0.315 e. The second-order valence-corrected chi connectivity index (χ2v) is 5.87. The summed E-state index contributed by atoms with van der Waals surface area (Å²) in [5.41, 5.74) is 1.79. The molecule has 0 radical (unpaired) electrons. The van der Waals surface area contributed by atoms with Gasteiger partial charge in [-0.3, -0.25) is 9.78 Å². The van der Waals surface area contributed by atoms with Crippen molar-refractivity contribution in [2.75, 3.05) is 11.4 Å². The molecule has 0 spiro atoms. The molecule has 0 bridgehead atoms. The molecule has 3 rings (SSSR count). The van der Waals surface area contributed by atoms with E-state index in [0.29, 0.717) is 13.0 Å². The standard InChI is InChI=1S/C18H20N4O2/c1-13(14-6-5-9-19-11-14)20-18(24)21-15-10-17(23)22(12-15)16-7-3-2-4-8-16/h2-9,11,13,15H,10,12H2,1H3,(H2,20,21,24). The highest BCUT2D eigenvalue weighted by atomic mass is 16.2. The largest absolute Gasteiger partial charge is 0.333 e.